The lowest BCUT2D eigenvalue weighted by Gasteiger charge is -2.22. The molecule has 0 fully saturated rings. The third kappa shape index (κ3) is 4.14. The van der Waals surface area contributed by atoms with E-state index in [4.69, 9.17) is 10.5 Å². The molecule has 0 aliphatic heterocycles. The summed E-state index contributed by atoms with van der Waals surface area (Å²) < 4.78 is 5.98. The maximum atomic E-state index is 9.89. The van der Waals surface area contributed by atoms with Gasteiger partial charge in [-0.15, -0.1) is 12.4 Å². The highest BCUT2D eigenvalue weighted by Gasteiger charge is 2.20. The van der Waals surface area contributed by atoms with Gasteiger partial charge in [0.25, 0.3) is 0 Å². The standard InChI is InChI=1S/C12H18BrNO2.ClH/c1-7(2)12(15)11(14)8-4-5-10(16-3)9(13)6-8;/h4-7,11-12,15H,14H2,1-3H3;1H/t11-,12+;/m0./s1. The molecule has 0 saturated carbocycles. The molecule has 98 valence electrons. The van der Waals surface area contributed by atoms with Crippen molar-refractivity contribution in [3.05, 3.63) is 28.2 Å². The third-order valence-corrected chi connectivity index (χ3v) is 3.23. The number of ether oxygens (including phenoxy) is 1. The van der Waals surface area contributed by atoms with E-state index in [0.717, 1.165) is 15.8 Å². The molecule has 17 heavy (non-hydrogen) atoms. The van der Waals surface area contributed by atoms with E-state index < -0.39 is 6.10 Å². The molecule has 0 aromatic heterocycles. The van der Waals surface area contributed by atoms with E-state index in [1.165, 1.54) is 0 Å². The number of aliphatic hydroxyl groups excluding tert-OH is 1. The molecule has 0 heterocycles. The van der Waals surface area contributed by atoms with Crippen LogP contribution in [0.25, 0.3) is 0 Å². The minimum atomic E-state index is -0.541. The lowest BCUT2D eigenvalue weighted by atomic mass is 9.94. The van der Waals surface area contributed by atoms with Crippen LogP contribution in [-0.2, 0) is 0 Å². The molecule has 0 spiro atoms. The summed E-state index contributed by atoms with van der Waals surface area (Å²) in [6.07, 6.45) is -0.541. The molecule has 0 saturated heterocycles. The molecule has 3 N–H and O–H groups in total. The van der Waals surface area contributed by atoms with Crippen LogP contribution in [0.4, 0.5) is 0 Å². The largest absolute Gasteiger partial charge is 0.496 e. The number of hydrogen-bond acceptors (Lipinski definition) is 3. The molecule has 0 unspecified atom stereocenters. The zero-order chi connectivity index (χ0) is 12.3. The second kappa shape index (κ2) is 7.21. The van der Waals surface area contributed by atoms with Crippen molar-refractivity contribution in [3.8, 4) is 5.75 Å². The van der Waals surface area contributed by atoms with Gasteiger partial charge in [-0.3, -0.25) is 0 Å². The van der Waals surface area contributed by atoms with Crippen molar-refractivity contribution in [1.82, 2.24) is 0 Å². The molecule has 1 aromatic rings. The van der Waals surface area contributed by atoms with E-state index in [1.807, 2.05) is 32.0 Å². The van der Waals surface area contributed by atoms with Gasteiger partial charge in [0.1, 0.15) is 5.75 Å². The molecular formula is C12H19BrClNO2. The van der Waals surface area contributed by atoms with Gasteiger partial charge in [0.15, 0.2) is 0 Å². The van der Waals surface area contributed by atoms with Crippen LogP contribution < -0.4 is 10.5 Å². The molecule has 5 heteroatoms. The van der Waals surface area contributed by atoms with Gasteiger partial charge in [-0.1, -0.05) is 19.9 Å². The molecule has 0 aliphatic rings. The summed E-state index contributed by atoms with van der Waals surface area (Å²) in [5.41, 5.74) is 6.89. The summed E-state index contributed by atoms with van der Waals surface area (Å²) in [6, 6.07) is 5.23. The van der Waals surface area contributed by atoms with E-state index in [9.17, 15) is 5.11 Å². The quantitative estimate of drug-likeness (QED) is 0.895. The topological polar surface area (TPSA) is 55.5 Å². The Balaban J connectivity index is 0.00000256. The summed E-state index contributed by atoms with van der Waals surface area (Å²) >= 11 is 3.40. The predicted octanol–water partition coefficient (Wildman–Crippen LogP) is 2.90. The molecule has 1 aromatic carbocycles. The zero-order valence-electron chi connectivity index (χ0n) is 10.2. The second-order valence-electron chi connectivity index (χ2n) is 4.15. The predicted molar refractivity (Wildman–Crippen MR) is 75.7 cm³/mol. The summed E-state index contributed by atoms with van der Waals surface area (Å²) in [5, 5.41) is 9.89. The molecule has 0 radical (unpaired) electrons. The monoisotopic (exact) mass is 323 g/mol. The number of aliphatic hydroxyl groups is 1. The van der Waals surface area contributed by atoms with Gasteiger partial charge in [-0.05, 0) is 39.5 Å². The van der Waals surface area contributed by atoms with Crippen LogP contribution in [0.2, 0.25) is 0 Å². The third-order valence-electron chi connectivity index (χ3n) is 2.61. The van der Waals surface area contributed by atoms with E-state index in [2.05, 4.69) is 15.9 Å². The Bertz CT molecular complexity index is 360. The minimum absolute atomic E-state index is 0. The van der Waals surface area contributed by atoms with Crippen LogP contribution in [0.5, 0.6) is 5.75 Å². The van der Waals surface area contributed by atoms with Crippen LogP contribution in [0.3, 0.4) is 0 Å². The van der Waals surface area contributed by atoms with Gasteiger partial charge >= 0.3 is 0 Å². The van der Waals surface area contributed by atoms with Gasteiger partial charge in [0.05, 0.1) is 23.7 Å². The van der Waals surface area contributed by atoms with Crippen molar-refractivity contribution in [2.45, 2.75) is 26.0 Å². The summed E-state index contributed by atoms with van der Waals surface area (Å²) in [5.74, 6) is 0.894. The highest BCUT2D eigenvalue weighted by atomic mass is 79.9. The summed E-state index contributed by atoms with van der Waals surface area (Å²) in [6.45, 7) is 3.90. The highest BCUT2D eigenvalue weighted by molar-refractivity contribution is 9.10. The first-order valence-corrected chi connectivity index (χ1v) is 6.03. The first kappa shape index (κ1) is 16.7. The number of hydrogen-bond donors (Lipinski definition) is 2. The fourth-order valence-corrected chi connectivity index (χ4v) is 2.06. The van der Waals surface area contributed by atoms with E-state index >= 15 is 0 Å². The molecular weight excluding hydrogens is 305 g/mol. The van der Waals surface area contributed by atoms with Crippen molar-refractivity contribution in [2.24, 2.45) is 11.7 Å². The van der Waals surface area contributed by atoms with Gasteiger partial charge in [-0.2, -0.15) is 0 Å². The molecule has 2 atom stereocenters. The van der Waals surface area contributed by atoms with Crippen LogP contribution in [0.1, 0.15) is 25.5 Å². The Labute approximate surface area is 117 Å². The average molecular weight is 325 g/mol. The molecule has 0 aliphatic carbocycles. The first-order chi connectivity index (χ1) is 7.47. The van der Waals surface area contributed by atoms with Gasteiger partial charge in [0, 0.05) is 0 Å². The number of rotatable bonds is 4. The number of benzene rings is 1. The number of halogens is 2. The molecule has 3 nitrogen and oxygen atoms in total. The van der Waals surface area contributed by atoms with E-state index in [1.54, 1.807) is 7.11 Å². The molecule has 0 amide bonds. The van der Waals surface area contributed by atoms with E-state index in [-0.39, 0.29) is 24.4 Å². The minimum Gasteiger partial charge on any atom is -0.496 e. The fraction of sp³-hybridized carbons (Fsp3) is 0.500. The first-order valence-electron chi connectivity index (χ1n) is 5.24. The van der Waals surface area contributed by atoms with Crippen molar-refractivity contribution in [3.63, 3.8) is 0 Å². The second-order valence-corrected chi connectivity index (χ2v) is 5.01. The Kier molecular flexibility index (Phi) is 7.09. The maximum Gasteiger partial charge on any atom is 0.133 e. The van der Waals surface area contributed by atoms with Gasteiger partial charge in [-0.25, -0.2) is 0 Å². The zero-order valence-corrected chi connectivity index (χ0v) is 12.6. The fourth-order valence-electron chi connectivity index (χ4n) is 1.50. The smallest absolute Gasteiger partial charge is 0.133 e. The van der Waals surface area contributed by atoms with Crippen molar-refractivity contribution in [2.75, 3.05) is 7.11 Å². The Morgan fingerprint density at radius 1 is 1.35 bits per heavy atom. The maximum absolute atomic E-state index is 9.89. The van der Waals surface area contributed by atoms with E-state index in [0.29, 0.717) is 0 Å². The highest BCUT2D eigenvalue weighted by Crippen LogP contribution is 2.29. The van der Waals surface area contributed by atoms with Crippen molar-refractivity contribution >= 4 is 28.3 Å². The Hall–Kier alpha value is -0.290. The molecule has 1 rings (SSSR count). The van der Waals surface area contributed by atoms with Gasteiger partial charge < -0.3 is 15.6 Å². The average Bonchev–Trinajstić information content (AvgIpc) is 2.26. The molecule has 0 bridgehead atoms. The van der Waals surface area contributed by atoms with Crippen molar-refractivity contribution < 1.29 is 9.84 Å². The lowest BCUT2D eigenvalue weighted by molar-refractivity contribution is 0.0979. The lowest BCUT2D eigenvalue weighted by Crippen LogP contribution is -2.30. The van der Waals surface area contributed by atoms with Crippen LogP contribution in [0.15, 0.2) is 22.7 Å². The van der Waals surface area contributed by atoms with Crippen molar-refractivity contribution in [1.29, 1.82) is 0 Å². The normalized spacial score (nSPS) is 14.1. The number of nitrogens with two attached hydrogens (primary N) is 1. The number of methoxy groups -OCH3 is 1. The van der Waals surface area contributed by atoms with Crippen LogP contribution in [0, 0.1) is 5.92 Å². The SMILES string of the molecule is COc1ccc([C@H](N)[C@H](O)C(C)C)cc1Br.Cl. The van der Waals surface area contributed by atoms with Crippen LogP contribution in [-0.4, -0.2) is 18.3 Å². The summed E-state index contributed by atoms with van der Waals surface area (Å²) in [4.78, 5) is 0. The Morgan fingerprint density at radius 2 is 1.94 bits per heavy atom. The summed E-state index contributed by atoms with van der Waals surface area (Å²) in [7, 11) is 1.61. The van der Waals surface area contributed by atoms with Crippen LogP contribution >= 0.6 is 28.3 Å². The van der Waals surface area contributed by atoms with Gasteiger partial charge in [0.2, 0.25) is 0 Å². The Morgan fingerprint density at radius 3 is 2.35 bits per heavy atom.